The lowest BCUT2D eigenvalue weighted by Crippen LogP contribution is -2.54. The van der Waals surface area contributed by atoms with Crippen molar-refractivity contribution in [2.24, 2.45) is 5.41 Å². The number of piperidine rings is 2. The molecule has 2 atom stereocenters. The number of morpholine rings is 1. The summed E-state index contributed by atoms with van der Waals surface area (Å²) in [4.78, 5) is 5.20. The third-order valence-corrected chi connectivity index (χ3v) is 5.43. The second kappa shape index (κ2) is 6.73. The van der Waals surface area contributed by atoms with E-state index in [1.54, 1.807) is 0 Å². The molecule has 1 spiro atoms. The normalized spacial score (nSPS) is 37.4. The summed E-state index contributed by atoms with van der Waals surface area (Å²) in [5.74, 6) is 0. The zero-order valence-electron chi connectivity index (χ0n) is 13.1. The molecule has 3 aliphatic heterocycles. The summed E-state index contributed by atoms with van der Waals surface area (Å²) >= 11 is 0. The molecule has 4 heteroatoms. The van der Waals surface area contributed by atoms with Gasteiger partial charge in [-0.05, 0) is 50.7 Å². The van der Waals surface area contributed by atoms with Crippen molar-refractivity contribution >= 4 is 0 Å². The number of nitrogens with one attached hydrogen (secondary N) is 1. The van der Waals surface area contributed by atoms with Crippen LogP contribution in [-0.2, 0) is 4.74 Å². The van der Waals surface area contributed by atoms with Crippen LogP contribution in [0.5, 0.6) is 0 Å². The molecule has 0 aromatic carbocycles. The first kappa shape index (κ1) is 14.8. The van der Waals surface area contributed by atoms with E-state index >= 15 is 0 Å². The summed E-state index contributed by atoms with van der Waals surface area (Å²) < 4.78 is 5.99. The molecule has 3 saturated heterocycles. The van der Waals surface area contributed by atoms with Gasteiger partial charge in [0.25, 0.3) is 0 Å². The molecular formula is C16H31N3O. The Hall–Kier alpha value is -0.160. The zero-order chi connectivity index (χ0) is 13.8. The van der Waals surface area contributed by atoms with Gasteiger partial charge in [-0.3, -0.25) is 4.90 Å². The van der Waals surface area contributed by atoms with Gasteiger partial charge in [-0.15, -0.1) is 0 Å². The van der Waals surface area contributed by atoms with Gasteiger partial charge in [0, 0.05) is 32.7 Å². The molecule has 3 aliphatic rings. The van der Waals surface area contributed by atoms with Crippen LogP contribution in [0.15, 0.2) is 0 Å². The van der Waals surface area contributed by atoms with E-state index in [9.17, 15) is 0 Å². The van der Waals surface area contributed by atoms with E-state index in [-0.39, 0.29) is 0 Å². The highest BCUT2D eigenvalue weighted by Crippen LogP contribution is 2.35. The minimum Gasteiger partial charge on any atom is -0.374 e. The minimum atomic E-state index is 0.426. The Morgan fingerprint density at radius 1 is 1.20 bits per heavy atom. The van der Waals surface area contributed by atoms with Crippen LogP contribution in [0.2, 0.25) is 0 Å². The first-order valence-corrected chi connectivity index (χ1v) is 8.57. The van der Waals surface area contributed by atoms with Gasteiger partial charge in [0.2, 0.25) is 0 Å². The molecular weight excluding hydrogens is 250 g/mol. The van der Waals surface area contributed by atoms with Gasteiger partial charge in [0.1, 0.15) is 0 Å². The highest BCUT2D eigenvalue weighted by atomic mass is 16.5. The van der Waals surface area contributed by atoms with Crippen LogP contribution in [-0.4, -0.2) is 74.9 Å². The number of rotatable bonds is 3. The Balaban J connectivity index is 1.52. The maximum atomic E-state index is 5.99. The van der Waals surface area contributed by atoms with Crippen molar-refractivity contribution in [2.45, 2.75) is 38.7 Å². The van der Waals surface area contributed by atoms with E-state index in [0.717, 1.165) is 32.8 Å². The first-order chi connectivity index (χ1) is 9.80. The largest absolute Gasteiger partial charge is 0.374 e. The fraction of sp³-hybridized carbons (Fsp3) is 1.00. The standard InChI is InChI=1S/C16H31N3O/c1-2-18-9-10-20-15(11-18)12-19-8-4-6-16(14-19)5-3-7-17-13-16/h15,17H,2-14H2,1H3. The molecule has 2 unspecified atom stereocenters. The summed E-state index contributed by atoms with van der Waals surface area (Å²) in [6, 6.07) is 0. The van der Waals surface area contributed by atoms with Crippen LogP contribution in [0.1, 0.15) is 32.6 Å². The lowest BCUT2D eigenvalue weighted by Gasteiger charge is -2.46. The average molecular weight is 281 g/mol. The Morgan fingerprint density at radius 3 is 2.90 bits per heavy atom. The topological polar surface area (TPSA) is 27.7 Å². The molecule has 0 amide bonds. The van der Waals surface area contributed by atoms with Crippen LogP contribution in [0.3, 0.4) is 0 Å². The number of ether oxygens (including phenoxy) is 1. The van der Waals surface area contributed by atoms with E-state index in [2.05, 4.69) is 22.0 Å². The fourth-order valence-corrected chi connectivity index (χ4v) is 4.31. The van der Waals surface area contributed by atoms with Crippen molar-refractivity contribution in [1.82, 2.24) is 15.1 Å². The highest BCUT2D eigenvalue weighted by molar-refractivity contribution is 4.92. The van der Waals surface area contributed by atoms with Crippen molar-refractivity contribution < 1.29 is 4.74 Å². The van der Waals surface area contributed by atoms with Crippen LogP contribution in [0.25, 0.3) is 0 Å². The second-order valence-electron chi connectivity index (χ2n) is 7.01. The predicted molar refractivity (Wildman–Crippen MR) is 82.1 cm³/mol. The average Bonchev–Trinajstić information content (AvgIpc) is 2.48. The van der Waals surface area contributed by atoms with Gasteiger partial charge >= 0.3 is 0 Å². The third kappa shape index (κ3) is 3.53. The van der Waals surface area contributed by atoms with E-state index < -0.39 is 0 Å². The van der Waals surface area contributed by atoms with Crippen LogP contribution >= 0.6 is 0 Å². The second-order valence-corrected chi connectivity index (χ2v) is 7.01. The molecule has 116 valence electrons. The van der Waals surface area contributed by atoms with Crippen LogP contribution in [0.4, 0.5) is 0 Å². The van der Waals surface area contributed by atoms with E-state index in [0.29, 0.717) is 11.5 Å². The number of nitrogens with zero attached hydrogens (tertiary/aromatic N) is 2. The van der Waals surface area contributed by atoms with Gasteiger partial charge in [0.05, 0.1) is 12.7 Å². The number of hydrogen-bond donors (Lipinski definition) is 1. The molecule has 0 saturated carbocycles. The maximum Gasteiger partial charge on any atom is 0.0829 e. The molecule has 0 radical (unpaired) electrons. The molecule has 1 N–H and O–H groups in total. The molecule has 0 aromatic heterocycles. The summed E-state index contributed by atoms with van der Waals surface area (Å²) in [5.41, 5.74) is 0.565. The molecule has 3 rings (SSSR count). The summed E-state index contributed by atoms with van der Waals surface area (Å²) in [6.07, 6.45) is 5.99. The highest BCUT2D eigenvalue weighted by Gasteiger charge is 2.37. The molecule has 20 heavy (non-hydrogen) atoms. The molecule has 3 fully saturated rings. The number of likely N-dealkylation sites (tertiary alicyclic amines) is 1. The summed E-state index contributed by atoms with van der Waals surface area (Å²) in [7, 11) is 0. The van der Waals surface area contributed by atoms with Gasteiger partial charge in [-0.1, -0.05) is 6.92 Å². The summed E-state index contributed by atoms with van der Waals surface area (Å²) in [5, 5.41) is 3.62. The Bertz CT molecular complexity index is 299. The molecule has 0 bridgehead atoms. The smallest absolute Gasteiger partial charge is 0.0829 e. The van der Waals surface area contributed by atoms with Crippen molar-refractivity contribution in [3.8, 4) is 0 Å². The molecule has 4 nitrogen and oxygen atoms in total. The van der Waals surface area contributed by atoms with Crippen LogP contribution < -0.4 is 5.32 Å². The Labute approximate surface area is 123 Å². The van der Waals surface area contributed by atoms with Gasteiger partial charge in [-0.2, -0.15) is 0 Å². The predicted octanol–water partition coefficient (Wildman–Crippen LogP) is 1.17. The van der Waals surface area contributed by atoms with E-state index in [1.807, 2.05) is 0 Å². The lowest BCUT2D eigenvalue weighted by atomic mass is 9.74. The third-order valence-electron chi connectivity index (χ3n) is 5.43. The zero-order valence-corrected chi connectivity index (χ0v) is 13.1. The van der Waals surface area contributed by atoms with E-state index in [1.165, 1.54) is 51.9 Å². The molecule has 0 aliphatic carbocycles. The van der Waals surface area contributed by atoms with Crippen molar-refractivity contribution in [2.75, 3.05) is 59.0 Å². The molecule has 3 heterocycles. The van der Waals surface area contributed by atoms with Crippen molar-refractivity contribution in [3.63, 3.8) is 0 Å². The quantitative estimate of drug-likeness (QED) is 0.840. The Kier molecular flexibility index (Phi) is 4.97. The SMILES string of the molecule is CCN1CCOC(CN2CCCC3(CCCNC3)C2)C1. The van der Waals surface area contributed by atoms with Gasteiger partial charge < -0.3 is 15.0 Å². The lowest BCUT2D eigenvalue weighted by molar-refractivity contribution is -0.0539. The first-order valence-electron chi connectivity index (χ1n) is 8.57. The monoisotopic (exact) mass is 281 g/mol. The van der Waals surface area contributed by atoms with E-state index in [4.69, 9.17) is 4.74 Å². The van der Waals surface area contributed by atoms with Crippen LogP contribution in [0, 0.1) is 5.41 Å². The van der Waals surface area contributed by atoms with Gasteiger partial charge in [-0.25, -0.2) is 0 Å². The number of likely N-dealkylation sites (N-methyl/N-ethyl adjacent to an activating group) is 1. The fourth-order valence-electron chi connectivity index (χ4n) is 4.31. The van der Waals surface area contributed by atoms with Gasteiger partial charge in [0.15, 0.2) is 0 Å². The Morgan fingerprint density at radius 2 is 2.10 bits per heavy atom. The minimum absolute atomic E-state index is 0.426. The maximum absolute atomic E-state index is 5.99. The summed E-state index contributed by atoms with van der Waals surface area (Å²) in [6.45, 7) is 12.7. The van der Waals surface area contributed by atoms with Crippen molar-refractivity contribution in [3.05, 3.63) is 0 Å². The van der Waals surface area contributed by atoms with Crippen molar-refractivity contribution in [1.29, 1.82) is 0 Å². The molecule has 0 aromatic rings. The number of hydrogen-bond acceptors (Lipinski definition) is 4.